The van der Waals surface area contributed by atoms with Crippen LogP contribution in [0.25, 0.3) is 0 Å². The van der Waals surface area contributed by atoms with Crippen LogP contribution in [0.2, 0.25) is 0 Å². The molecule has 1 fully saturated rings. The normalized spacial score (nSPS) is 14.4. The number of amides is 3. The predicted molar refractivity (Wildman–Crippen MR) is 123 cm³/mol. The zero-order valence-electron chi connectivity index (χ0n) is 18.9. The molecule has 1 atom stereocenters. The lowest BCUT2D eigenvalue weighted by atomic mass is 10.1. The third-order valence-electron chi connectivity index (χ3n) is 5.77. The Hall–Kier alpha value is -4.01. The number of hydrogen-bond acceptors (Lipinski definition) is 6. The van der Waals surface area contributed by atoms with Crippen molar-refractivity contribution in [2.75, 3.05) is 18.6 Å². The van der Waals surface area contributed by atoms with E-state index in [1.54, 1.807) is 42.5 Å². The molecule has 0 radical (unpaired) electrons. The highest BCUT2D eigenvalue weighted by atomic mass is 16.5. The van der Waals surface area contributed by atoms with Gasteiger partial charge in [0.1, 0.15) is 11.5 Å². The first-order valence-electron chi connectivity index (χ1n) is 11.2. The van der Waals surface area contributed by atoms with E-state index < -0.39 is 17.9 Å². The molecule has 2 aromatic heterocycles. The molecule has 0 aliphatic heterocycles. The van der Waals surface area contributed by atoms with Crippen LogP contribution in [0.4, 0.5) is 5.69 Å². The molecule has 4 rings (SSSR count). The number of anilines is 1. The molecule has 1 aliphatic rings. The van der Waals surface area contributed by atoms with Crippen molar-refractivity contribution < 1.29 is 28.0 Å². The number of nitrogens with zero attached hydrogens (tertiary/aromatic N) is 1. The number of ether oxygens (including phenoxy) is 1. The van der Waals surface area contributed by atoms with E-state index in [2.05, 4.69) is 10.6 Å². The minimum atomic E-state index is -1.07. The number of hydrogen-bond donors (Lipinski definition) is 2. The van der Waals surface area contributed by atoms with Gasteiger partial charge < -0.3 is 24.2 Å². The molecule has 2 N–H and O–H groups in total. The molecule has 1 aromatic carbocycles. The molecule has 1 aliphatic carbocycles. The van der Waals surface area contributed by atoms with Crippen molar-refractivity contribution in [2.45, 2.75) is 37.8 Å². The summed E-state index contributed by atoms with van der Waals surface area (Å²) in [4.78, 5) is 40.7. The Morgan fingerprint density at radius 1 is 1.06 bits per heavy atom. The Morgan fingerprint density at radius 3 is 2.50 bits per heavy atom. The molecule has 3 amide bonds. The van der Waals surface area contributed by atoms with E-state index in [1.165, 1.54) is 30.6 Å². The van der Waals surface area contributed by atoms with E-state index in [4.69, 9.17) is 13.6 Å². The summed E-state index contributed by atoms with van der Waals surface area (Å²) in [5.74, 6) is -0.476. The Kier molecular flexibility index (Phi) is 7.31. The molecular weight excluding hydrogens is 438 g/mol. The van der Waals surface area contributed by atoms with Gasteiger partial charge in [-0.1, -0.05) is 18.9 Å². The average Bonchev–Trinajstić information content (AvgIpc) is 3.64. The van der Waals surface area contributed by atoms with Crippen LogP contribution in [0.5, 0.6) is 5.75 Å². The van der Waals surface area contributed by atoms with E-state index >= 15 is 0 Å². The van der Waals surface area contributed by atoms with Crippen LogP contribution < -0.4 is 20.3 Å². The van der Waals surface area contributed by atoms with Gasteiger partial charge in [-0.2, -0.15) is 0 Å². The van der Waals surface area contributed by atoms with E-state index in [-0.39, 0.29) is 24.3 Å². The lowest BCUT2D eigenvalue weighted by Gasteiger charge is -2.31. The van der Waals surface area contributed by atoms with E-state index in [9.17, 15) is 14.4 Å². The van der Waals surface area contributed by atoms with Gasteiger partial charge in [0.2, 0.25) is 5.91 Å². The van der Waals surface area contributed by atoms with E-state index in [1.807, 2.05) is 0 Å². The van der Waals surface area contributed by atoms with Gasteiger partial charge in [0.05, 0.1) is 26.2 Å². The molecule has 34 heavy (non-hydrogen) atoms. The van der Waals surface area contributed by atoms with Gasteiger partial charge in [-0.15, -0.1) is 0 Å². The van der Waals surface area contributed by atoms with Gasteiger partial charge in [-0.25, -0.2) is 0 Å². The molecule has 0 saturated heterocycles. The van der Waals surface area contributed by atoms with Gasteiger partial charge in [-0.05, 0) is 49.2 Å². The highest BCUT2D eigenvalue weighted by Gasteiger charge is 2.36. The molecule has 9 nitrogen and oxygen atoms in total. The summed E-state index contributed by atoms with van der Waals surface area (Å²) in [5.41, 5.74) is 0.430. The fourth-order valence-corrected chi connectivity index (χ4v) is 4.10. The van der Waals surface area contributed by atoms with Crippen molar-refractivity contribution in [3.63, 3.8) is 0 Å². The first kappa shape index (κ1) is 23.2. The lowest BCUT2D eigenvalue weighted by molar-refractivity contribution is -0.127. The zero-order valence-corrected chi connectivity index (χ0v) is 18.9. The van der Waals surface area contributed by atoms with Crippen LogP contribution in [0, 0.1) is 0 Å². The predicted octanol–water partition coefficient (Wildman–Crippen LogP) is 3.44. The summed E-state index contributed by atoms with van der Waals surface area (Å²) in [6.45, 7) is -0.356. The molecule has 0 unspecified atom stereocenters. The fraction of sp³-hybridized carbons (Fsp3) is 0.320. The second kappa shape index (κ2) is 10.7. The van der Waals surface area contributed by atoms with Gasteiger partial charge in [0.25, 0.3) is 11.8 Å². The summed E-state index contributed by atoms with van der Waals surface area (Å²) < 4.78 is 16.0. The molecule has 9 heteroatoms. The maximum Gasteiger partial charge on any atom is 0.287 e. The number of carbonyl (C=O) groups is 3. The molecule has 3 aromatic rings. The Labute approximate surface area is 197 Å². The molecule has 2 heterocycles. The van der Waals surface area contributed by atoms with E-state index in [0.29, 0.717) is 17.2 Å². The monoisotopic (exact) mass is 465 g/mol. The van der Waals surface area contributed by atoms with Gasteiger partial charge >= 0.3 is 0 Å². The highest BCUT2D eigenvalue weighted by Crippen LogP contribution is 2.31. The third-order valence-corrected chi connectivity index (χ3v) is 5.77. The number of benzene rings is 1. The van der Waals surface area contributed by atoms with Crippen molar-refractivity contribution >= 4 is 23.4 Å². The Balaban J connectivity index is 1.65. The molecule has 178 valence electrons. The van der Waals surface area contributed by atoms with Crippen LogP contribution >= 0.6 is 0 Å². The molecule has 0 bridgehead atoms. The first-order chi connectivity index (χ1) is 16.6. The number of carbonyl (C=O) groups excluding carboxylic acids is 3. The van der Waals surface area contributed by atoms with Crippen molar-refractivity contribution in [3.8, 4) is 5.75 Å². The van der Waals surface area contributed by atoms with Gasteiger partial charge in [0.15, 0.2) is 11.8 Å². The van der Waals surface area contributed by atoms with Gasteiger partial charge in [-0.3, -0.25) is 19.3 Å². The minimum absolute atomic E-state index is 0.0471. The summed E-state index contributed by atoms with van der Waals surface area (Å²) in [5, 5.41) is 5.62. The van der Waals surface area contributed by atoms with Crippen molar-refractivity contribution in [1.29, 1.82) is 0 Å². The second-order valence-electron chi connectivity index (χ2n) is 8.03. The van der Waals surface area contributed by atoms with Gasteiger partial charge in [0, 0.05) is 17.8 Å². The van der Waals surface area contributed by atoms with E-state index in [0.717, 1.165) is 25.7 Å². The second-order valence-corrected chi connectivity index (χ2v) is 8.03. The van der Waals surface area contributed by atoms with Crippen LogP contribution in [0.1, 0.15) is 48.0 Å². The summed E-state index contributed by atoms with van der Waals surface area (Å²) in [6, 6.07) is 12.2. The van der Waals surface area contributed by atoms with Crippen LogP contribution in [-0.4, -0.2) is 37.4 Å². The minimum Gasteiger partial charge on any atom is -0.497 e. The quantitative estimate of drug-likeness (QED) is 0.500. The SMILES string of the molecule is COc1cccc(N(C(=O)CNC(=O)c2ccco2)[C@H](C(=O)NC2CCCC2)c2ccco2)c1. The number of rotatable bonds is 9. The largest absolute Gasteiger partial charge is 0.497 e. The van der Waals surface area contributed by atoms with Crippen molar-refractivity contribution in [1.82, 2.24) is 10.6 Å². The third kappa shape index (κ3) is 5.31. The highest BCUT2D eigenvalue weighted by molar-refractivity contribution is 6.04. The first-order valence-corrected chi connectivity index (χ1v) is 11.2. The lowest BCUT2D eigenvalue weighted by Crippen LogP contribution is -2.49. The molecular formula is C25H27N3O6. The maximum atomic E-state index is 13.5. The Morgan fingerprint density at radius 2 is 1.82 bits per heavy atom. The van der Waals surface area contributed by atoms with Crippen molar-refractivity contribution in [2.24, 2.45) is 0 Å². The smallest absolute Gasteiger partial charge is 0.287 e. The number of nitrogens with one attached hydrogen (secondary N) is 2. The summed E-state index contributed by atoms with van der Waals surface area (Å²) in [7, 11) is 1.52. The molecule has 0 spiro atoms. The topological polar surface area (TPSA) is 114 Å². The Bertz CT molecular complexity index is 1100. The van der Waals surface area contributed by atoms with Crippen LogP contribution in [-0.2, 0) is 9.59 Å². The average molecular weight is 466 g/mol. The summed E-state index contributed by atoms with van der Waals surface area (Å²) >= 11 is 0. The number of furan rings is 2. The summed E-state index contributed by atoms with van der Waals surface area (Å²) in [6.07, 6.45) is 6.71. The van der Waals surface area contributed by atoms with Crippen LogP contribution in [0.15, 0.2) is 69.9 Å². The standard InChI is InChI=1S/C25H27N3O6/c1-32-19-10-4-9-18(15-19)28(22(29)16-26-24(30)21-12-6-14-34-21)23(20-11-5-13-33-20)25(31)27-17-7-2-3-8-17/h4-6,9-15,17,23H,2-3,7-8,16H2,1H3,(H,26,30)(H,27,31)/t23-/m0/s1. The zero-order chi connectivity index (χ0) is 23.9. The maximum absolute atomic E-state index is 13.5. The number of methoxy groups -OCH3 is 1. The fourth-order valence-electron chi connectivity index (χ4n) is 4.10. The van der Waals surface area contributed by atoms with Crippen LogP contribution in [0.3, 0.4) is 0 Å². The van der Waals surface area contributed by atoms with Crippen molar-refractivity contribution in [3.05, 3.63) is 72.6 Å². The molecule has 1 saturated carbocycles.